The number of hydrogen-bond donors (Lipinski definition) is 1. The van der Waals surface area contributed by atoms with Gasteiger partial charge in [0.1, 0.15) is 0 Å². The van der Waals surface area contributed by atoms with Crippen molar-refractivity contribution in [2.45, 2.75) is 0 Å². The maximum Gasteiger partial charge on any atom is 0.0998 e. The highest BCUT2D eigenvalue weighted by molar-refractivity contribution is 5.93. The Labute approximate surface area is 101 Å². The lowest BCUT2D eigenvalue weighted by Crippen LogP contribution is -1.91. The fraction of sp³-hybridized carbons (Fsp3) is 0. The Morgan fingerprint density at radius 2 is 1.65 bits per heavy atom. The third kappa shape index (κ3) is 2.53. The van der Waals surface area contributed by atoms with E-state index in [1.165, 1.54) is 0 Å². The number of nitriles is 1. The molecule has 2 heteroatoms. The molecule has 0 spiro atoms. The molecule has 0 aliphatic heterocycles. The van der Waals surface area contributed by atoms with Gasteiger partial charge in [-0.25, -0.2) is 0 Å². The average molecular weight is 220 g/mol. The van der Waals surface area contributed by atoms with Gasteiger partial charge >= 0.3 is 0 Å². The molecule has 82 valence electrons. The summed E-state index contributed by atoms with van der Waals surface area (Å²) in [5, 5.41) is 9.19. The number of allylic oxidation sites excluding steroid dienone is 1. The van der Waals surface area contributed by atoms with Gasteiger partial charge in [-0.05, 0) is 17.7 Å². The largest absolute Gasteiger partial charge is 0.398 e. The second-order valence-corrected chi connectivity index (χ2v) is 3.67. The summed E-state index contributed by atoms with van der Waals surface area (Å²) in [6.07, 6.45) is 1.84. The number of para-hydroxylation sites is 1. The number of nitrogen functional groups attached to an aromatic ring is 1. The summed E-state index contributed by atoms with van der Waals surface area (Å²) >= 11 is 0. The summed E-state index contributed by atoms with van der Waals surface area (Å²) < 4.78 is 0. The smallest absolute Gasteiger partial charge is 0.0998 e. The summed E-state index contributed by atoms with van der Waals surface area (Å²) in [6.45, 7) is 0. The van der Waals surface area contributed by atoms with Gasteiger partial charge in [0.2, 0.25) is 0 Å². The van der Waals surface area contributed by atoms with Gasteiger partial charge in [0.15, 0.2) is 0 Å². The molecular formula is C15H12N2. The van der Waals surface area contributed by atoms with Crippen molar-refractivity contribution in [2.75, 3.05) is 5.73 Å². The van der Waals surface area contributed by atoms with Crippen LogP contribution in [0.15, 0.2) is 54.6 Å². The molecule has 0 bridgehead atoms. The monoisotopic (exact) mass is 220 g/mol. The normalized spacial score (nSPS) is 10.9. The minimum absolute atomic E-state index is 0.578. The highest BCUT2D eigenvalue weighted by Crippen LogP contribution is 2.22. The van der Waals surface area contributed by atoms with Crippen LogP contribution >= 0.6 is 0 Å². The summed E-state index contributed by atoms with van der Waals surface area (Å²) in [7, 11) is 0. The minimum Gasteiger partial charge on any atom is -0.398 e. The van der Waals surface area contributed by atoms with Gasteiger partial charge < -0.3 is 5.73 Å². The average Bonchev–Trinajstić information content (AvgIpc) is 2.38. The van der Waals surface area contributed by atoms with E-state index in [0.29, 0.717) is 11.3 Å². The summed E-state index contributed by atoms with van der Waals surface area (Å²) in [6, 6.07) is 19.3. The van der Waals surface area contributed by atoms with E-state index < -0.39 is 0 Å². The van der Waals surface area contributed by atoms with Crippen LogP contribution in [-0.4, -0.2) is 0 Å². The van der Waals surface area contributed by atoms with E-state index in [4.69, 9.17) is 5.73 Å². The maximum absolute atomic E-state index is 9.19. The molecule has 0 aliphatic carbocycles. The van der Waals surface area contributed by atoms with Gasteiger partial charge in [0.25, 0.3) is 0 Å². The maximum atomic E-state index is 9.19. The lowest BCUT2D eigenvalue weighted by atomic mass is 10.0. The van der Waals surface area contributed by atoms with Crippen LogP contribution in [0.2, 0.25) is 0 Å². The first kappa shape index (κ1) is 11.0. The molecule has 0 saturated carbocycles. The Bertz CT molecular complexity index is 577. The second-order valence-electron chi connectivity index (χ2n) is 3.67. The van der Waals surface area contributed by atoms with Crippen LogP contribution < -0.4 is 5.73 Å². The van der Waals surface area contributed by atoms with Crippen molar-refractivity contribution in [3.05, 3.63) is 65.7 Å². The number of rotatable bonds is 2. The molecule has 0 unspecified atom stereocenters. The molecule has 0 atom stereocenters. The van der Waals surface area contributed by atoms with Crippen molar-refractivity contribution in [1.82, 2.24) is 0 Å². The Kier molecular flexibility index (Phi) is 3.23. The van der Waals surface area contributed by atoms with Crippen LogP contribution in [0.1, 0.15) is 11.1 Å². The first-order valence-electron chi connectivity index (χ1n) is 5.33. The van der Waals surface area contributed by atoms with Crippen molar-refractivity contribution in [1.29, 1.82) is 5.26 Å². The molecule has 2 N–H and O–H groups in total. The molecule has 0 radical (unpaired) electrons. The SMILES string of the molecule is N#C/C(=C/c1ccccc1)c1ccccc1N. The van der Waals surface area contributed by atoms with Crippen LogP contribution in [0.25, 0.3) is 11.6 Å². The molecule has 0 amide bonds. The van der Waals surface area contributed by atoms with E-state index >= 15 is 0 Å². The van der Waals surface area contributed by atoms with Crippen molar-refractivity contribution in [2.24, 2.45) is 0 Å². The second kappa shape index (κ2) is 5.00. The van der Waals surface area contributed by atoms with Gasteiger partial charge in [-0.1, -0.05) is 48.5 Å². The Hall–Kier alpha value is -2.53. The minimum atomic E-state index is 0.578. The van der Waals surface area contributed by atoms with Gasteiger partial charge in [0.05, 0.1) is 11.6 Å². The zero-order chi connectivity index (χ0) is 12.1. The first-order chi connectivity index (χ1) is 8.31. The zero-order valence-electron chi connectivity index (χ0n) is 9.30. The van der Waals surface area contributed by atoms with Gasteiger partial charge in [0, 0.05) is 11.3 Å². The molecule has 0 aromatic heterocycles. The van der Waals surface area contributed by atoms with Crippen LogP contribution in [0.3, 0.4) is 0 Å². The van der Waals surface area contributed by atoms with Crippen molar-refractivity contribution >= 4 is 17.3 Å². The summed E-state index contributed by atoms with van der Waals surface area (Å²) in [4.78, 5) is 0. The molecular weight excluding hydrogens is 208 g/mol. The number of benzene rings is 2. The highest BCUT2D eigenvalue weighted by Gasteiger charge is 2.03. The van der Waals surface area contributed by atoms with Crippen LogP contribution in [0, 0.1) is 11.3 Å². The van der Waals surface area contributed by atoms with Gasteiger partial charge in [-0.3, -0.25) is 0 Å². The Balaban J connectivity index is 2.46. The van der Waals surface area contributed by atoms with Crippen LogP contribution in [-0.2, 0) is 0 Å². The summed E-state index contributed by atoms with van der Waals surface area (Å²) in [5.41, 5.74) is 8.83. The predicted molar refractivity (Wildman–Crippen MR) is 70.8 cm³/mol. The molecule has 2 rings (SSSR count). The molecule has 0 fully saturated rings. The van der Waals surface area contributed by atoms with E-state index in [1.54, 1.807) is 6.07 Å². The van der Waals surface area contributed by atoms with E-state index in [1.807, 2.05) is 54.6 Å². The summed E-state index contributed by atoms with van der Waals surface area (Å²) in [5.74, 6) is 0. The molecule has 0 heterocycles. The standard InChI is InChI=1S/C15H12N2/c16-11-13(10-12-6-2-1-3-7-12)14-8-4-5-9-15(14)17/h1-10H,17H2/b13-10-. The van der Waals surface area contributed by atoms with Gasteiger partial charge in [-0.2, -0.15) is 5.26 Å². The molecule has 2 aromatic rings. The molecule has 2 aromatic carbocycles. The Morgan fingerprint density at radius 3 is 2.29 bits per heavy atom. The molecule has 17 heavy (non-hydrogen) atoms. The first-order valence-corrected chi connectivity index (χ1v) is 5.33. The van der Waals surface area contributed by atoms with Crippen molar-refractivity contribution in [3.8, 4) is 6.07 Å². The van der Waals surface area contributed by atoms with Crippen molar-refractivity contribution < 1.29 is 0 Å². The molecule has 2 nitrogen and oxygen atoms in total. The zero-order valence-corrected chi connectivity index (χ0v) is 9.30. The van der Waals surface area contributed by atoms with E-state index in [2.05, 4.69) is 6.07 Å². The lowest BCUT2D eigenvalue weighted by Gasteiger charge is -2.03. The molecule has 0 saturated heterocycles. The third-order valence-corrected chi connectivity index (χ3v) is 2.48. The Morgan fingerprint density at radius 1 is 1.00 bits per heavy atom. The number of hydrogen-bond acceptors (Lipinski definition) is 2. The lowest BCUT2D eigenvalue weighted by molar-refractivity contribution is 1.52. The predicted octanol–water partition coefficient (Wildman–Crippen LogP) is 3.33. The van der Waals surface area contributed by atoms with E-state index in [9.17, 15) is 5.26 Å². The van der Waals surface area contributed by atoms with Crippen LogP contribution in [0.5, 0.6) is 0 Å². The third-order valence-electron chi connectivity index (χ3n) is 2.48. The fourth-order valence-electron chi connectivity index (χ4n) is 1.63. The van der Waals surface area contributed by atoms with Gasteiger partial charge in [-0.15, -0.1) is 0 Å². The quantitative estimate of drug-likeness (QED) is 0.479. The number of anilines is 1. The van der Waals surface area contributed by atoms with E-state index in [-0.39, 0.29) is 0 Å². The number of nitrogens with zero attached hydrogens (tertiary/aromatic N) is 1. The number of nitrogens with two attached hydrogens (primary N) is 1. The van der Waals surface area contributed by atoms with E-state index in [0.717, 1.165) is 11.1 Å². The fourth-order valence-corrected chi connectivity index (χ4v) is 1.63. The van der Waals surface area contributed by atoms with Crippen LogP contribution in [0.4, 0.5) is 5.69 Å². The highest BCUT2D eigenvalue weighted by atomic mass is 14.6. The topological polar surface area (TPSA) is 49.8 Å². The van der Waals surface area contributed by atoms with Crippen molar-refractivity contribution in [3.63, 3.8) is 0 Å². The molecule has 0 aliphatic rings.